The molecule has 3 aliphatic rings. The molecule has 4 nitrogen and oxygen atoms in total. The molecule has 1 aromatic rings. The number of thiophene rings is 1. The van der Waals surface area contributed by atoms with Crippen molar-refractivity contribution in [2.24, 2.45) is 0 Å². The third-order valence-electron chi connectivity index (χ3n) is 4.82. The average molecular weight is 292 g/mol. The van der Waals surface area contributed by atoms with Crippen LogP contribution in [0, 0.1) is 0 Å². The van der Waals surface area contributed by atoms with Gasteiger partial charge in [-0.25, -0.2) is 0 Å². The van der Waals surface area contributed by atoms with Crippen molar-refractivity contribution < 1.29 is 9.53 Å². The number of likely N-dealkylation sites (tertiary alicyclic amines) is 2. The van der Waals surface area contributed by atoms with Crippen LogP contribution in [-0.2, 0) is 4.74 Å². The highest BCUT2D eigenvalue weighted by Crippen LogP contribution is 2.38. The molecule has 0 aliphatic carbocycles. The Morgan fingerprint density at radius 1 is 1.35 bits per heavy atom. The van der Waals surface area contributed by atoms with Gasteiger partial charge in [0, 0.05) is 6.04 Å². The number of nitrogens with zero attached hydrogens (tertiary/aromatic N) is 2. The Labute approximate surface area is 123 Å². The summed E-state index contributed by atoms with van der Waals surface area (Å²) in [5.41, 5.74) is -0.0415. The van der Waals surface area contributed by atoms with Gasteiger partial charge in [0.1, 0.15) is 5.60 Å². The fourth-order valence-corrected chi connectivity index (χ4v) is 4.42. The molecular weight excluding hydrogens is 272 g/mol. The topological polar surface area (TPSA) is 32.8 Å². The van der Waals surface area contributed by atoms with Gasteiger partial charge in [-0.3, -0.25) is 9.69 Å². The number of amides is 1. The molecule has 1 unspecified atom stereocenters. The number of ether oxygens (including phenoxy) is 1. The SMILES string of the molecule is O=C(c1cccs1)N1CC2(CC(N3CCCC3)CO2)C1. The highest BCUT2D eigenvalue weighted by molar-refractivity contribution is 7.12. The molecule has 3 fully saturated rings. The maximum atomic E-state index is 12.2. The van der Waals surface area contributed by atoms with Crippen LogP contribution in [0.1, 0.15) is 28.9 Å². The lowest BCUT2D eigenvalue weighted by Gasteiger charge is -2.47. The number of hydrogen-bond donors (Lipinski definition) is 0. The quantitative estimate of drug-likeness (QED) is 0.833. The first-order chi connectivity index (χ1) is 9.76. The monoisotopic (exact) mass is 292 g/mol. The standard InChI is InChI=1S/C15H20N2O2S/c18-14(13-4-3-7-20-13)17-10-15(11-17)8-12(9-19-15)16-5-1-2-6-16/h3-4,7,12H,1-2,5-6,8-11H2. The van der Waals surface area contributed by atoms with Gasteiger partial charge in [-0.2, -0.15) is 0 Å². The molecule has 0 aromatic carbocycles. The van der Waals surface area contributed by atoms with Crippen LogP contribution < -0.4 is 0 Å². The van der Waals surface area contributed by atoms with Crippen LogP contribution >= 0.6 is 11.3 Å². The summed E-state index contributed by atoms with van der Waals surface area (Å²) in [6.07, 6.45) is 3.75. The number of rotatable bonds is 2. The van der Waals surface area contributed by atoms with Crippen LogP contribution in [0.3, 0.4) is 0 Å². The van der Waals surface area contributed by atoms with Crippen LogP contribution in [0.15, 0.2) is 17.5 Å². The molecule has 0 bridgehead atoms. The molecule has 1 aromatic heterocycles. The Kier molecular flexibility index (Phi) is 3.09. The van der Waals surface area contributed by atoms with E-state index in [-0.39, 0.29) is 11.5 Å². The molecule has 1 amide bonds. The molecule has 20 heavy (non-hydrogen) atoms. The molecule has 4 rings (SSSR count). The van der Waals surface area contributed by atoms with Gasteiger partial charge in [-0.15, -0.1) is 11.3 Å². The first kappa shape index (κ1) is 12.8. The van der Waals surface area contributed by atoms with Crippen molar-refractivity contribution in [1.82, 2.24) is 9.80 Å². The minimum Gasteiger partial charge on any atom is -0.370 e. The summed E-state index contributed by atoms with van der Waals surface area (Å²) in [6, 6.07) is 4.42. The summed E-state index contributed by atoms with van der Waals surface area (Å²) >= 11 is 1.52. The summed E-state index contributed by atoms with van der Waals surface area (Å²) in [5, 5.41) is 1.96. The summed E-state index contributed by atoms with van der Waals surface area (Å²) < 4.78 is 6.07. The summed E-state index contributed by atoms with van der Waals surface area (Å²) in [4.78, 5) is 17.6. The molecule has 3 aliphatic heterocycles. The zero-order chi connectivity index (χ0) is 13.6. The lowest BCUT2D eigenvalue weighted by Crippen LogP contribution is -2.63. The maximum absolute atomic E-state index is 12.2. The van der Waals surface area contributed by atoms with Gasteiger partial charge in [0.15, 0.2) is 0 Å². The zero-order valence-electron chi connectivity index (χ0n) is 11.6. The van der Waals surface area contributed by atoms with Crippen molar-refractivity contribution in [2.45, 2.75) is 30.9 Å². The molecule has 0 radical (unpaired) electrons. The van der Waals surface area contributed by atoms with Gasteiger partial charge >= 0.3 is 0 Å². The molecule has 1 atom stereocenters. The second-order valence-corrected chi connectivity index (χ2v) is 7.18. The van der Waals surface area contributed by atoms with E-state index in [9.17, 15) is 4.79 Å². The maximum Gasteiger partial charge on any atom is 0.264 e. The molecule has 0 saturated carbocycles. The van der Waals surface area contributed by atoms with Crippen molar-refractivity contribution in [3.8, 4) is 0 Å². The third kappa shape index (κ3) is 2.08. The second kappa shape index (κ2) is 4.83. The normalized spacial score (nSPS) is 29.0. The fourth-order valence-electron chi connectivity index (χ4n) is 3.73. The molecule has 1 spiro atoms. The van der Waals surface area contributed by atoms with Crippen LogP contribution in [0.4, 0.5) is 0 Å². The number of carbonyl (C=O) groups excluding carboxylic acids is 1. The third-order valence-corrected chi connectivity index (χ3v) is 5.68. The van der Waals surface area contributed by atoms with Crippen LogP contribution in [-0.4, -0.2) is 60.1 Å². The van der Waals surface area contributed by atoms with Gasteiger partial charge in [0.05, 0.1) is 24.6 Å². The van der Waals surface area contributed by atoms with Gasteiger partial charge in [-0.05, 0) is 43.8 Å². The Bertz CT molecular complexity index is 490. The minimum absolute atomic E-state index is 0.0415. The van der Waals surface area contributed by atoms with E-state index in [4.69, 9.17) is 4.74 Å². The Morgan fingerprint density at radius 3 is 2.85 bits per heavy atom. The largest absolute Gasteiger partial charge is 0.370 e. The zero-order valence-corrected chi connectivity index (χ0v) is 12.4. The summed E-state index contributed by atoms with van der Waals surface area (Å²) in [5.74, 6) is 0.166. The van der Waals surface area contributed by atoms with Gasteiger partial charge < -0.3 is 9.64 Å². The molecule has 108 valence electrons. The predicted octanol–water partition coefficient (Wildman–Crippen LogP) is 1.83. The Hall–Kier alpha value is -0.910. The van der Waals surface area contributed by atoms with Gasteiger partial charge in [-0.1, -0.05) is 6.07 Å². The van der Waals surface area contributed by atoms with E-state index in [1.807, 2.05) is 22.4 Å². The van der Waals surface area contributed by atoms with E-state index in [1.165, 1.54) is 37.3 Å². The first-order valence-corrected chi connectivity index (χ1v) is 8.35. The van der Waals surface area contributed by atoms with E-state index in [0.29, 0.717) is 6.04 Å². The van der Waals surface area contributed by atoms with E-state index in [1.54, 1.807) is 0 Å². The molecule has 0 N–H and O–H groups in total. The molecule has 3 saturated heterocycles. The molecule has 5 heteroatoms. The average Bonchev–Trinajstić information content (AvgIpc) is 3.14. The highest BCUT2D eigenvalue weighted by Gasteiger charge is 2.52. The van der Waals surface area contributed by atoms with Crippen molar-refractivity contribution in [3.63, 3.8) is 0 Å². The van der Waals surface area contributed by atoms with Crippen molar-refractivity contribution in [1.29, 1.82) is 0 Å². The second-order valence-electron chi connectivity index (χ2n) is 6.23. The minimum atomic E-state index is -0.0415. The number of hydrogen-bond acceptors (Lipinski definition) is 4. The highest BCUT2D eigenvalue weighted by atomic mass is 32.1. The lowest BCUT2D eigenvalue weighted by molar-refractivity contribution is -0.0949. The fraction of sp³-hybridized carbons (Fsp3) is 0.667. The Morgan fingerprint density at radius 2 is 2.15 bits per heavy atom. The van der Waals surface area contributed by atoms with Gasteiger partial charge in [0.25, 0.3) is 5.91 Å². The molecular formula is C15H20N2O2S. The Balaban J connectivity index is 1.35. The van der Waals surface area contributed by atoms with E-state index < -0.39 is 0 Å². The van der Waals surface area contributed by atoms with E-state index in [0.717, 1.165) is 31.0 Å². The smallest absolute Gasteiger partial charge is 0.264 e. The summed E-state index contributed by atoms with van der Waals surface area (Å²) in [6.45, 7) is 4.84. The van der Waals surface area contributed by atoms with Gasteiger partial charge in [0.2, 0.25) is 0 Å². The predicted molar refractivity (Wildman–Crippen MR) is 78.1 cm³/mol. The van der Waals surface area contributed by atoms with Crippen LogP contribution in [0.25, 0.3) is 0 Å². The van der Waals surface area contributed by atoms with Crippen molar-refractivity contribution >= 4 is 17.2 Å². The van der Waals surface area contributed by atoms with Crippen molar-refractivity contribution in [3.05, 3.63) is 22.4 Å². The van der Waals surface area contributed by atoms with Crippen LogP contribution in [0.2, 0.25) is 0 Å². The lowest BCUT2D eigenvalue weighted by atomic mass is 9.89. The molecule has 4 heterocycles. The summed E-state index contributed by atoms with van der Waals surface area (Å²) in [7, 11) is 0. The van der Waals surface area contributed by atoms with E-state index >= 15 is 0 Å². The van der Waals surface area contributed by atoms with E-state index in [2.05, 4.69) is 4.90 Å². The number of carbonyl (C=O) groups is 1. The van der Waals surface area contributed by atoms with Crippen molar-refractivity contribution in [2.75, 3.05) is 32.8 Å². The first-order valence-electron chi connectivity index (χ1n) is 7.47. The van der Waals surface area contributed by atoms with Crippen LogP contribution in [0.5, 0.6) is 0 Å².